The first-order valence-electron chi connectivity index (χ1n) is 7.81. The third-order valence-corrected chi connectivity index (χ3v) is 3.88. The third-order valence-electron chi connectivity index (χ3n) is 3.88. The summed E-state index contributed by atoms with van der Waals surface area (Å²) in [6.45, 7) is 3.68. The van der Waals surface area contributed by atoms with Crippen molar-refractivity contribution in [1.29, 1.82) is 0 Å². The summed E-state index contributed by atoms with van der Waals surface area (Å²) in [5.74, 6) is -2.90. The SMILES string of the molecule is CCOC(=O)[C@H]1C(=O)N[C@@H](C(=O)OCC)[C@@H]1c1ccc(OC)cc1. The summed E-state index contributed by atoms with van der Waals surface area (Å²) in [7, 11) is 1.54. The van der Waals surface area contributed by atoms with Gasteiger partial charge in [-0.05, 0) is 31.5 Å². The molecule has 1 heterocycles. The fourth-order valence-corrected chi connectivity index (χ4v) is 2.82. The van der Waals surface area contributed by atoms with E-state index in [9.17, 15) is 14.4 Å². The summed E-state index contributed by atoms with van der Waals surface area (Å²) < 4.78 is 15.1. The normalized spacial score (nSPS) is 22.6. The molecule has 24 heavy (non-hydrogen) atoms. The molecule has 7 heteroatoms. The number of hydrogen-bond acceptors (Lipinski definition) is 6. The van der Waals surface area contributed by atoms with Crippen LogP contribution in [0, 0.1) is 5.92 Å². The van der Waals surface area contributed by atoms with Crippen LogP contribution in [-0.2, 0) is 23.9 Å². The highest BCUT2D eigenvalue weighted by Gasteiger charge is 2.51. The molecule has 130 valence electrons. The van der Waals surface area contributed by atoms with Gasteiger partial charge in [0, 0.05) is 5.92 Å². The molecule has 0 aromatic heterocycles. The van der Waals surface area contributed by atoms with Crippen molar-refractivity contribution in [2.24, 2.45) is 5.92 Å². The lowest BCUT2D eigenvalue weighted by molar-refractivity contribution is -0.151. The number of nitrogens with one attached hydrogen (secondary N) is 1. The lowest BCUT2D eigenvalue weighted by Crippen LogP contribution is -2.37. The van der Waals surface area contributed by atoms with Gasteiger partial charge in [-0.1, -0.05) is 12.1 Å². The topological polar surface area (TPSA) is 90.9 Å². The molecule has 7 nitrogen and oxygen atoms in total. The van der Waals surface area contributed by atoms with Gasteiger partial charge >= 0.3 is 11.9 Å². The zero-order valence-electron chi connectivity index (χ0n) is 13.9. The van der Waals surface area contributed by atoms with E-state index < -0.39 is 35.7 Å². The van der Waals surface area contributed by atoms with Crippen LogP contribution in [0.2, 0.25) is 0 Å². The van der Waals surface area contributed by atoms with Crippen LogP contribution in [0.5, 0.6) is 5.75 Å². The maximum atomic E-state index is 12.3. The highest BCUT2D eigenvalue weighted by molar-refractivity contribution is 6.04. The predicted octanol–water partition coefficient (Wildman–Crippen LogP) is 1.02. The minimum absolute atomic E-state index is 0.155. The molecule has 1 aromatic carbocycles. The second-order valence-corrected chi connectivity index (χ2v) is 5.27. The average molecular weight is 335 g/mol. The van der Waals surface area contributed by atoms with E-state index in [1.807, 2.05) is 0 Å². The Morgan fingerprint density at radius 2 is 1.62 bits per heavy atom. The van der Waals surface area contributed by atoms with Gasteiger partial charge in [0.15, 0.2) is 0 Å². The number of benzene rings is 1. The molecule has 1 N–H and O–H groups in total. The highest BCUT2D eigenvalue weighted by Crippen LogP contribution is 2.36. The van der Waals surface area contributed by atoms with E-state index in [2.05, 4.69) is 5.32 Å². The minimum Gasteiger partial charge on any atom is -0.497 e. The van der Waals surface area contributed by atoms with Crippen LogP contribution in [0.25, 0.3) is 0 Å². The Balaban J connectivity index is 2.39. The molecule has 3 atom stereocenters. The van der Waals surface area contributed by atoms with E-state index in [-0.39, 0.29) is 13.2 Å². The second kappa shape index (κ2) is 7.81. The Kier molecular flexibility index (Phi) is 5.78. The fraction of sp³-hybridized carbons (Fsp3) is 0.471. The molecule has 1 amide bonds. The molecule has 2 rings (SSSR count). The molecular weight excluding hydrogens is 314 g/mol. The molecule has 0 saturated carbocycles. The van der Waals surface area contributed by atoms with Gasteiger partial charge in [0.1, 0.15) is 17.7 Å². The molecule has 0 spiro atoms. The summed E-state index contributed by atoms with van der Waals surface area (Å²) >= 11 is 0. The number of methoxy groups -OCH3 is 1. The van der Waals surface area contributed by atoms with E-state index in [1.54, 1.807) is 45.2 Å². The van der Waals surface area contributed by atoms with E-state index in [1.165, 1.54) is 0 Å². The maximum absolute atomic E-state index is 12.3. The van der Waals surface area contributed by atoms with Gasteiger partial charge in [0.2, 0.25) is 5.91 Å². The molecule has 0 bridgehead atoms. The minimum atomic E-state index is -1.09. The number of carbonyl (C=O) groups is 3. The molecule has 0 unspecified atom stereocenters. The molecule has 0 radical (unpaired) electrons. The Morgan fingerprint density at radius 3 is 2.17 bits per heavy atom. The van der Waals surface area contributed by atoms with Crippen LogP contribution in [0.1, 0.15) is 25.3 Å². The van der Waals surface area contributed by atoms with Gasteiger partial charge in [-0.15, -0.1) is 0 Å². The number of esters is 2. The van der Waals surface area contributed by atoms with Crippen molar-refractivity contribution >= 4 is 17.8 Å². The van der Waals surface area contributed by atoms with Crippen LogP contribution in [0.15, 0.2) is 24.3 Å². The molecule has 1 fully saturated rings. The number of amides is 1. The van der Waals surface area contributed by atoms with Crippen LogP contribution >= 0.6 is 0 Å². The van der Waals surface area contributed by atoms with Gasteiger partial charge < -0.3 is 19.5 Å². The number of carbonyl (C=O) groups excluding carboxylic acids is 3. The van der Waals surface area contributed by atoms with Gasteiger partial charge in [-0.2, -0.15) is 0 Å². The molecule has 0 aliphatic carbocycles. The number of rotatable bonds is 6. The van der Waals surface area contributed by atoms with Crippen molar-refractivity contribution in [2.45, 2.75) is 25.8 Å². The largest absolute Gasteiger partial charge is 0.497 e. The summed E-state index contributed by atoms with van der Waals surface area (Å²) in [6.07, 6.45) is 0. The second-order valence-electron chi connectivity index (χ2n) is 5.27. The van der Waals surface area contributed by atoms with E-state index >= 15 is 0 Å². The summed E-state index contributed by atoms with van der Waals surface area (Å²) in [4.78, 5) is 36.7. The molecular formula is C17H21NO6. The van der Waals surface area contributed by atoms with Crippen LogP contribution in [-0.4, -0.2) is 44.2 Å². The number of hydrogen-bond donors (Lipinski definition) is 1. The third kappa shape index (κ3) is 3.50. The van der Waals surface area contributed by atoms with Crippen molar-refractivity contribution in [3.63, 3.8) is 0 Å². The number of ether oxygens (including phenoxy) is 3. The lowest BCUT2D eigenvalue weighted by atomic mass is 9.84. The van der Waals surface area contributed by atoms with E-state index in [0.29, 0.717) is 11.3 Å². The molecule has 1 aliphatic heterocycles. The molecule has 1 aromatic rings. The summed E-state index contributed by atoms with van der Waals surface area (Å²) in [5.41, 5.74) is 0.658. The first-order valence-corrected chi connectivity index (χ1v) is 7.81. The summed E-state index contributed by atoms with van der Waals surface area (Å²) in [6, 6.07) is 5.94. The summed E-state index contributed by atoms with van der Waals surface area (Å²) in [5, 5.41) is 2.56. The maximum Gasteiger partial charge on any atom is 0.329 e. The van der Waals surface area contributed by atoms with Gasteiger partial charge in [-0.25, -0.2) is 4.79 Å². The molecule has 1 aliphatic rings. The Morgan fingerprint density at radius 1 is 1.04 bits per heavy atom. The van der Waals surface area contributed by atoms with Crippen molar-refractivity contribution in [1.82, 2.24) is 5.32 Å². The van der Waals surface area contributed by atoms with Crippen molar-refractivity contribution in [2.75, 3.05) is 20.3 Å². The van der Waals surface area contributed by atoms with Gasteiger partial charge in [0.25, 0.3) is 0 Å². The van der Waals surface area contributed by atoms with Crippen LogP contribution in [0.3, 0.4) is 0 Å². The smallest absolute Gasteiger partial charge is 0.329 e. The van der Waals surface area contributed by atoms with Gasteiger partial charge in [0.05, 0.1) is 20.3 Å². The predicted molar refractivity (Wildman–Crippen MR) is 84.4 cm³/mol. The molecule has 1 saturated heterocycles. The van der Waals surface area contributed by atoms with E-state index in [0.717, 1.165) is 0 Å². The Hall–Kier alpha value is -2.57. The van der Waals surface area contributed by atoms with Crippen LogP contribution < -0.4 is 10.1 Å². The zero-order valence-corrected chi connectivity index (χ0v) is 13.9. The van der Waals surface area contributed by atoms with Crippen molar-refractivity contribution in [3.8, 4) is 5.75 Å². The van der Waals surface area contributed by atoms with Crippen molar-refractivity contribution in [3.05, 3.63) is 29.8 Å². The first kappa shape index (κ1) is 17.8. The fourth-order valence-electron chi connectivity index (χ4n) is 2.82. The van der Waals surface area contributed by atoms with Gasteiger partial charge in [-0.3, -0.25) is 9.59 Å². The van der Waals surface area contributed by atoms with Crippen molar-refractivity contribution < 1.29 is 28.6 Å². The lowest BCUT2D eigenvalue weighted by Gasteiger charge is -2.21. The first-order chi connectivity index (χ1) is 11.5. The highest BCUT2D eigenvalue weighted by atomic mass is 16.5. The Labute approximate surface area is 140 Å². The Bertz CT molecular complexity index is 612. The van der Waals surface area contributed by atoms with Crippen LogP contribution in [0.4, 0.5) is 0 Å². The average Bonchev–Trinajstić information content (AvgIpc) is 2.93. The standard InChI is InChI=1S/C17H21NO6/c1-4-23-16(20)13-12(10-6-8-11(22-3)9-7-10)14(18-15(13)19)17(21)24-5-2/h6-9,12-14H,4-5H2,1-3H3,(H,18,19)/t12-,13-,14-/m1/s1. The monoisotopic (exact) mass is 335 g/mol. The zero-order chi connectivity index (χ0) is 17.7. The van der Waals surface area contributed by atoms with E-state index in [4.69, 9.17) is 14.2 Å². The quantitative estimate of drug-likeness (QED) is 0.616.